The van der Waals surface area contributed by atoms with Crippen LogP contribution in [0.15, 0.2) is 67.1 Å². The monoisotopic (exact) mass is 521 g/mol. The smallest absolute Gasteiger partial charge is 0.178 e. The molecule has 1 saturated heterocycles. The van der Waals surface area contributed by atoms with Crippen molar-refractivity contribution in [2.24, 2.45) is 0 Å². The van der Waals surface area contributed by atoms with E-state index >= 15 is 4.39 Å². The third-order valence-electron chi connectivity index (χ3n) is 7.38. The first-order chi connectivity index (χ1) is 19.1. The lowest BCUT2D eigenvalue weighted by atomic mass is 10.0. The van der Waals surface area contributed by atoms with Crippen molar-refractivity contribution in [2.75, 3.05) is 13.1 Å². The second-order valence-corrected chi connectivity index (χ2v) is 10.0. The number of nitrogens with one attached hydrogen (secondary N) is 2. The number of imidazole rings is 1. The average Bonchev–Trinajstić information content (AvgIpc) is 3.59. The van der Waals surface area contributed by atoms with Crippen molar-refractivity contribution in [3.05, 3.63) is 84.3 Å². The number of rotatable bonds is 5. The fourth-order valence-corrected chi connectivity index (χ4v) is 5.43. The zero-order valence-corrected chi connectivity index (χ0v) is 21.1. The summed E-state index contributed by atoms with van der Waals surface area (Å²) in [6.07, 6.45) is 9.05. The van der Waals surface area contributed by atoms with Gasteiger partial charge in [-0.05, 0) is 79.0 Å². The van der Waals surface area contributed by atoms with Crippen LogP contribution in [0.1, 0.15) is 24.8 Å². The number of aromatic amines is 2. The molecule has 194 valence electrons. The SMILES string of the molecule is Fc1ccc(-c2ccnc3nc(-c4[nH]nc5c(F)cc(-c6cncc(CN7CCCCC7)c6)cc45)[nH]c23)cc1. The highest BCUT2D eigenvalue weighted by Gasteiger charge is 2.19. The van der Waals surface area contributed by atoms with Gasteiger partial charge in [0.25, 0.3) is 0 Å². The van der Waals surface area contributed by atoms with Crippen LogP contribution in [0.2, 0.25) is 0 Å². The van der Waals surface area contributed by atoms with Gasteiger partial charge >= 0.3 is 0 Å². The van der Waals surface area contributed by atoms with Crippen LogP contribution in [-0.4, -0.2) is 48.1 Å². The summed E-state index contributed by atoms with van der Waals surface area (Å²) in [5.74, 6) is -0.237. The number of hydrogen-bond donors (Lipinski definition) is 2. The van der Waals surface area contributed by atoms with Gasteiger partial charge in [-0.25, -0.2) is 18.7 Å². The highest BCUT2D eigenvalue weighted by atomic mass is 19.1. The van der Waals surface area contributed by atoms with Gasteiger partial charge in [-0.2, -0.15) is 5.10 Å². The molecule has 0 aliphatic carbocycles. The number of hydrogen-bond acceptors (Lipinski definition) is 5. The number of likely N-dealkylation sites (tertiary alicyclic amines) is 1. The zero-order chi connectivity index (χ0) is 26.3. The van der Waals surface area contributed by atoms with Crippen LogP contribution in [0, 0.1) is 11.6 Å². The summed E-state index contributed by atoms with van der Waals surface area (Å²) in [5.41, 5.74) is 6.35. The Morgan fingerprint density at radius 2 is 1.72 bits per heavy atom. The first-order valence-corrected chi connectivity index (χ1v) is 13.1. The zero-order valence-electron chi connectivity index (χ0n) is 21.1. The maximum absolute atomic E-state index is 15.3. The van der Waals surface area contributed by atoms with Crippen LogP contribution in [0.25, 0.3) is 55.8 Å². The molecule has 1 aliphatic heterocycles. The molecule has 39 heavy (non-hydrogen) atoms. The summed E-state index contributed by atoms with van der Waals surface area (Å²) in [5, 5.41) is 7.81. The molecule has 0 amide bonds. The summed E-state index contributed by atoms with van der Waals surface area (Å²) in [6.45, 7) is 3.03. The first kappa shape index (κ1) is 23.6. The van der Waals surface area contributed by atoms with Crippen molar-refractivity contribution in [3.63, 3.8) is 0 Å². The molecule has 0 spiro atoms. The maximum Gasteiger partial charge on any atom is 0.178 e. The van der Waals surface area contributed by atoms with E-state index in [1.807, 2.05) is 18.3 Å². The number of aromatic nitrogens is 6. The molecule has 0 saturated carbocycles. The van der Waals surface area contributed by atoms with Crippen molar-refractivity contribution in [1.29, 1.82) is 0 Å². The molecule has 2 aromatic carbocycles. The van der Waals surface area contributed by atoms with Crippen molar-refractivity contribution in [3.8, 4) is 33.8 Å². The van der Waals surface area contributed by atoms with Crippen LogP contribution >= 0.6 is 0 Å². The fourth-order valence-electron chi connectivity index (χ4n) is 5.43. The highest BCUT2D eigenvalue weighted by molar-refractivity contribution is 5.97. The molecule has 0 bridgehead atoms. The molecule has 7 rings (SSSR count). The molecule has 0 unspecified atom stereocenters. The van der Waals surface area contributed by atoms with E-state index in [1.165, 1.54) is 37.5 Å². The Hall–Kier alpha value is -4.50. The number of benzene rings is 2. The van der Waals surface area contributed by atoms with Crippen LogP contribution in [0.5, 0.6) is 0 Å². The molecule has 9 heteroatoms. The van der Waals surface area contributed by atoms with Crippen LogP contribution in [-0.2, 0) is 6.54 Å². The van der Waals surface area contributed by atoms with Gasteiger partial charge in [-0.3, -0.25) is 15.0 Å². The van der Waals surface area contributed by atoms with E-state index in [-0.39, 0.29) is 11.3 Å². The molecule has 2 N–H and O–H groups in total. The Morgan fingerprint density at radius 1 is 0.872 bits per heavy atom. The fraction of sp³-hybridized carbons (Fsp3) is 0.200. The van der Waals surface area contributed by atoms with Crippen molar-refractivity contribution >= 4 is 22.1 Å². The van der Waals surface area contributed by atoms with Crippen molar-refractivity contribution in [1.82, 2.24) is 35.0 Å². The van der Waals surface area contributed by atoms with E-state index < -0.39 is 5.82 Å². The number of piperidine rings is 1. The number of H-pyrrole nitrogens is 2. The third-order valence-corrected chi connectivity index (χ3v) is 7.38. The van der Waals surface area contributed by atoms with Gasteiger partial charge in [0.15, 0.2) is 17.3 Å². The molecular formula is C30H25F2N7. The van der Waals surface area contributed by atoms with E-state index in [1.54, 1.807) is 24.5 Å². The molecule has 5 heterocycles. The van der Waals surface area contributed by atoms with E-state index in [9.17, 15) is 4.39 Å². The minimum atomic E-state index is -0.423. The molecular weight excluding hydrogens is 496 g/mol. The van der Waals surface area contributed by atoms with Crippen LogP contribution < -0.4 is 0 Å². The third kappa shape index (κ3) is 4.44. The largest absolute Gasteiger partial charge is 0.335 e. The van der Waals surface area contributed by atoms with Gasteiger partial charge in [0.05, 0.1) is 5.52 Å². The summed E-state index contributed by atoms with van der Waals surface area (Å²) in [6, 6.07) is 13.6. The molecule has 1 aliphatic rings. The second kappa shape index (κ2) is 9.67. The van der Waals surface area contributed by atoms with Gasteiger partial charge < -0.3 is 4.98 Å². The average molecular weight is 522 g/mol. The lowest BCUT2D eigenvalue weighted by molar-refractivity contribution is 0.220. The van der Waals surface area contributed by atoms with Crippen molar-refractivity contribution in [2.45, 2.75) is 25.8 Å². The number of nitrogens with zero attached hydrogens (tertiary/aromatic N) is 5. The summed E-state index contributed by atoms with van der Waals surface area (Å²) >= 11 is 0. The maximum atomic E-state index is 15.3. The Bertz CT molecular complexity index is 1800. The molecule has 1 fully saturated rings. The normalized spacial score (nSPS) is 14.4. The standard InChI is InChI=1S/C30H25F2N7/c31-22-6-4-19(5-7-22)23-8-9-34-29-27(23)35-30(36-29)28-24-13-20(14-25(32)26(24)37-38-28)21-12-18(15-33-16-21)17-39-10-2-1-3-11-39/h4-9,12-16H,1-3,10-11,17H2,(H,37,38)(H,34,35,36). The number of pyridine rings is 2. The van der Waals surface area contributed by atoms with Gasteiger partial charge in [-0.15, -0.1) is 0 Å². The molecule has 7 nitrogen and oxygen atoms in total. The summed E-state index contributed by atoms with van der Waals surface area (Å²) < 4.78 is 28.8. The first-order valence-electron chi connectivity index (χ1n) is 13.1. The predicted octanol–water partition coefficient (Wildman–Crippen LogP) is 6.49. The van der Waals surface area contributed by atoms with Gasteiger partial charge in [0.1, 0.15) is 17.0 Å². The molecule has 6 aromatic rings. The van der Waals surface area contributed by atoms with E-state index in [4.69, 9.17) is 0 Å². The topological polar surface area (TPSA) is 86.4 Å². The van der Waals surface area contributed by atoms with E-state index in [2.05, 4.69) is 41.1 Å². The Balaban J connectivity index is 1.28. The summed E-state index contributed by atoms with van der Waals surface area (Å²) in [7, 11) is 0. The van der Waals surface area contributed by atoms with Crippen molar-refractivity contribution < 1.29 is 8.78 Å². The highest BCUT2D eigenvalue weighted by Crippen LogP contribution is 2.34. The Labute approximate surface area is 223 Å². The molecule has 0 atom stereocenters. The molecule has 0 radical (unpaired) electrons. The van der Waals surface area contributed by atoms with Gasteiger partial charge in [0, 0.05) is 41.6 Å². The lowest BCUT2D eigenvalue weighted by Gasteiger charge is -2.26. The summed E-state index contributed by atoms with van der Waals surface area (Å²) in [4.78, 5) is 19.3. The quantitative estimate of drug-likeness (QED) is 0.271. The molecule has 4 aromatic heterocycles. The van der Waals surface area contributed by atoms with Crippen LogP contribution in [0.3, 0.4) is 0 Å². The second-order valence-electron chi connectivity index (χ2n) is 10.0. The number of halogens is 2. The Morgan fingerprint density at radius 3 is 2.56 bits per heavy atom. The van der Waals surface area contributed by atoms with Crippen LogP contribution in [0.4, 0.5) is 8.78 Å². The lowest BCUT2D eigenvalue weighted by Crippen LogP contribution is -2.29. The Kier molecular flexibility index (Phi) is 5.85. The minimum Gasteiger partial charge on any atom is -0.335 e. The van der Waals surface area contributed by atoms with Gasteiger partial charge in [0.2, 0.25) is 0 Å². The van der Waals surface area contributed by atoms with E-state index in [0.717, 1.165) is 47.5 Å². The van der Waals surface area contributed by atoms with E-state index in [0.29, 0.717) is 28.1 Å². The number of fused-ring (bicyclic) bond motifs is 2. The minimum absolute atomic E-state index is 0.235. The van der Waals surface area contributed by atoms with Gasteiger partial charge in [-0.1, -0.05) is 18.6 Å². The predicted molar refractivity (Wildman–Crippen MR) is 147 cm³/mol.